The van der Waals surface area contributed by atoms with Gasteiger partial charge in [-0.15, -0.1) is 0 Å². The Balaban J connectivity index is 1.62. The summed E-state index contributed by atoms with van der Waals surface area (Å²) in [5, 5.41) is 0. The van der Waals surface area contributed by atoms with E-state index in [1.165, 1.54) is 18.4 Å². The Hall–Kier alpha value is -1.69. The third kappa shape index (κ3) is 4.53. The molecule has 26 heavy (non-hydrogen) atoms. The molecule has 2 aliphatic heterocycles. The van der Waals surface area contributed by atoms with Gasteiger partial charge < -0.3 is 9.80 Å². The fourth-order valence-corrected chi connectivity index (χ4v) is 4.35. The summed E-state index contributed by atoms with van der Waals surface area (Å²) in [7, 11) is 3.91. The van der Waals surface area contributed by atoms with E-state index in [4.69, 9.17) is 0 Å². The molecule has 0 saturated carbocycles. The normalized spacial score (nSPS) is 24.3. The smallest absolute Gasteiger partial charge is 0.224 e. The molecule has 0 unspecified atom stereocenters. The standard InChI is InChI=1S/C20H33N5O/c1-4-5-11-25-16-20(9-7-18(25)26)8-6-10-24(15-20)14-17-12-21-19(22-13-17)23(2)3/h12-13H,4-11,14-16H2,1-3H3/t20-/m0/s1. The molecule has 0 radical (unpaired) electrons. The molecule has 6 nitrogen and oxygen atoms in total. The highest BCUT2D eigenvalue weighted by molar-refractivity contribution is 5.77. The van der Waals surface area contributed by atoms with E-state index in [9.17, 15) is 4.79 Å². The number of nitrogens with zero attached hydrogens (tertiary/aromatic N) is 5. The minimum atomic E-state index is 0.282. The topological polar surface area (TPSA) is 52.6 Å². The monoisotopic (exact) mass is 359 g/mol. The first-order valence-corrected chi connectivity index (χ1v) is 10.00. The number of carbonyl (C=O) groups is 1. The molecule has 2 aliphatic rings. The second-order valence-electron chi connectivity index (χ2n) is 8.27. The summed E-state index contributed by atoms with van der Waals surface area (Å²) in [6.07, 6.45) is 10.4. The summed E-state index contributed by atoms with van der Waals surface area (Å²) < 4.78 is 0. The zero-order valence-corrected chi connectivity index (χ0v) is 16.6. The minimum Gasteiger partial charge on any atom is -0.347 e. The van der Waals surface area contributed by atoms with E-state index in [0.29, 0.717) is 5.91 Å². The van der Waals surface area contributed by atoms with Crippen LogP contribution in [0.4, 0.5) is 5.95 Å². The maximum absolute atomic E-state index is 12.3. The second kappa shape index (κ2) is 8.33. The number of piperidine rings is 2. The van der Waals surface area contributed by atoms with Crippen LogP contribution >= 0.6 is 0 Å². The Morgan fingerprint density at radius 3 is 2.65 bits per heavy atom. The average molecular weight is 360 g/mol. The van der Waals surface area contributed by atoms with E-state index in [-0.39, 0.29) is 5.41 Å². The van der Waals surface area contributed by atoms with Gasteiger partial charge in [0.05, 0.1) is 0 Å². The fourth-order valence-electron chi connectivity index (χ4n) is 4.35. The largest absolute Gasteiger partial charge is 0.347 e. The van der Waals surface area contributed by atoms with Crippen LogP contribution < -0.4 is 4.90 Å². The third-order valence-electron chi connectivity index (χ3n) is 5.77. The van der Waals surface area contributed by atoms with Crippen LogP contribution in [-0.4, -0.2) is 65.9 Å². The SMILES string of the molecule is CCCCN1C[C@@]2(CCCN(Cc3cnc(N(C)C)nc3)C2)CCC1=O. The molecule has 6 heteroatoms. The van der Waals surface area contributed by atoms with Crippen LogP contribution in [0.25, 0.3) is 0 Å². The predicted molar refractivity (Wildman–Crippen MR) is 104 cm³/mol. The molecule has 1 aromatic rings. The van der Waals surface area contributed by atoms with Crippen LogP contribution in [0, 0.1) is 5.41 Å². The first-order valence-electron chi connectivity index (χ1n) is 10.00. The summed E-state index contributed by atoms with van der Waals surface area (Å²) in [5.41, 5.74) is 1.45. The Bertz CT molecular complexity index is 603. The molecule has 1 amide bonds. The van der Waals surface area contributed by atoms with Gasteiger partial charge in [0.2, 0.25) is 11.9 Å². The van der Waals surface area contributed by atoms with Gasteiger partial charge in [-0.2, -0.15) is 0 Å². The van der Waals surface area contributed by atoms with Crippen molar-refractivity contribution in [1.82, 2.24) is 19.8 Å². The van der Waals surface area contributed by atoms with Gasteiger partial charge in [-0.3, -0.25) is 9.69 Å². The van der Waals surface area contributed by atoms with Gasteiger partial charge in [0, 0.05) is 70.1 Å². The zero-order valence-electron chi connectivity index (χ0n) is 16.6. The van der Waals surface area contributed by atoms with E-state index in [1.54, 1.807) is 0 Å². The molecular formula is C20H33N5O. The summed E-state index contributed by atoms with van der Waals surface area (Å²) in [6, 6.07) is 0. The van der Waals surface area contributed by atoms with Gasteiger partial charge in [0.25, 0.3) is 0 Å². The minimum absolute atomic E-state index is 0.282. The van der Waals surface area contributed by atoms with E-state index >= 15 is 0 Å². The van der Waals surface area contributed by atoms with Crippen LogP contribution in [0.3, 0.4) is 0 Å². The molecule has 1 atom stereocenters. The molecule has 0 aliphatic carbocycles. The Labute approximate surface area is 157 Å². The van der Waals surface area contributed by atoms with Crippen molar-refractivity contribution in [1.29, 1.82) is 0 Å². The van der Waals surface area contributed by atoms with Crippen molar-refractivity contribution in [3.05, 3.63) is 18.0 Å². The summed E-state index contributed by atoms with van der Waals surface area (Å²) >= 11 is 0. The number of carbonyl (C=O) groups excluding carboxylic acids is 1. The van der Waals surface area contributed by atoms with Crippen LogP contribution in [-0.2, 0) is 11.3 Å². The van der Waals surface area contributed by atoms with Gasteiger partial charge in [0.1, 0.15) is 0 Å². The lowest BCUT2D eigenvalue weighted by atomic mass is 9.73. The lowest BCUT2D eigenvalue weighted by molar-refractivity contribution is -0.139. The van der Waals surface area contributed by atoms with Crippen molar-refractivity contribution >= 4 is 11.9 Å². The molecule has 0 bridgehead atoms. The van der Waals surface area contributed by atoms with Crippen LogP contribution in [0.15, 0.2) is 12.4 Å². The molecule has 0 aromatic carbocycles. The number of likely N-dealkylation sites (tertiary alicyclic amines) is 2. The van der Waals surface area contributed by atoms with Gasteiger partial charge >= 0.3 is 0 Å². The number of rotatable bonds is 6. The first-order chi connectivity index (χ1) is 12.5. The van der Waals surface area contributed by atoms with E-state index in [1.807, 2.05) is 31.4 Å². The van der Waals surface area contributed by atoms with E-state index in [2.05, 4.69) is 26.7 Å². The predicted octanol–water partition coefficient (Wildman–Crippen LogP) is 2.55. The zero-order chi connectivity index (χ0) is 18.6. The van der Waals surface area contributed by atoms with Crippen molar-refractivity contribution in [2.45, 2.75) is 52.0 Å². The Morgan fingerprint density at radius 2 is 1.96 bits per heavy atom. The number of aromatic nitrogens is 2. The first kappa shape index (κ1) is 19.1. The summed E-state index contributed by atoms with van der Waals surface area (Å²) in [6.45, 7) is 7.17. The lowest BCUT2D eigenvalue weighted by Crippen LogP contribution is -2.53. The number of hydrogen-bond acceptors (Lipinski definition) is 5. The van der Waals surface area contributed by atoms with Gasteiger partial charge in [0.15, 0.2) is 0 Å². The fraction of sp³-hybridized carbons (Fsp3) is 0.750. The van der Waals surface area contributed by atoms with Crippen LogP contribution in [0.1, 0.15) is 51.0 Å². The molecule has 144 valence electrons. The molecule has 1 aromatic heterocycles. The van der Waals surface area contributed by atoms with Crippen molar-refractivity contribution in [3.63, 3.8) is 0 Å². The highest BCUT2D eigenvalue weighted by Gasteiger charge is 2.41. The molecule has 1 spiro atoms. The van der Waals surface area contributed by atoms with Gasteiger partial charge in [-0.25, -0.2) is 9.97 Å². The summed E-state index contributed by atoms with van der Waals surface area (Å²) in [4.78, 5) is 27.7. The van der Waals surface area contributed by atoms with Crippen LogP contribution in [0.5, 0.6) is 0 Å². The number of hydrogen-bond donors (Lipinski definition) is 0. The molecule has 3 rings (SSSR count). The maximum Gasteiger partial charge on any atom is 0.224 e. The highest BCUT2D eigenvalue weighted by atomic mass is 16.2. The molecule has 2 fully saturated rings. The van der Waals surface area contributed by atoms with Gasteiger partial charge in [-0.05, 0) is 32.2 Å². The van der Waals surface area contributed by atoms with E-state index < -0.39 is 0 Å². The number of unbranched alkanes of at least 4 members (excludes halogenated alkanes) is 1. The second-order valence-corrected chi connectivity index (χ2v) is 8.27. The van der Waals surface area contributed by atoms with Crippen molar-refractivity contribution in [2.75, 3.05) is 45.2 Å². The Kier molecular flexibility index (Phi) is 6.12. The van der Waals surface area contributed by atoms with Crippen LogP contribution in [0.2, 0.25) is 0 Å². The van der Waals surface area contributed by atoms with Crippen molar-refractivity contribution in [2.24, 2.45) is 5.41 Å². The molecule has 0 N–H and O–H groups in total. The van der Waals surface area contributed by atoms with Crippen molar-refractivity contribution in [3.8, 4) is 0 Å². The van der Waals surface area contributed by atoms with Gasteiger partial charge in [-0.1, -0.05) is 13.3 Å². The number of anilines is 1. The molecule has 3 heterocycles. The summed E-state index contributed by atoms with van der Waals surface area (Å²) in [5.74, 6) is 1.11. The lowest BCUT2D eigenvalue weighted by Gasteiger charge is -2.48. The average Bonchev–Trinajstić information content (AvgIpc) is 2.63. The Morgan fingerprint density at radius 1 is 1.19 bits per heavy atom. The third-order valence-corrected chi connectivity index (χ3v) is 5.77. The van der Waals surface area contributed by atoms with E-state index in [0.717, 1.165) is 64.4 Å². The molecular weight excluding hydrogens is 326 g/mol. The van der Waals surface area contributed by atoms with Crippen molar-refractivity contribution < 1.29 is 4.79 Å². The maximum atomic E-state index is 12.3. The highest BCUT2D eigenvalue weighted by Crippen LogP contribution is 2.39. The molecule has 2 saturated heterocycles. The number of amides is 1. The quantitative estimate of drug-likeness (QED) is 0.781.